The number of nitrogens with zero attached hydrogens (tertiary/aromatic N) is 1. The molecule has 0 amide bonds. The first-order valence-electron chi connectivity index (χ1n) is 6.03. The van der Waals surface area contributed by atoms with Gasteiger partial charge in [-0.2, -0.15) is 0 Å². The summed E-state index contributed by atoms with van der Waals surface area (Å²) in [6, 6.07) is 9.76. The molecule has 1 heterocycles. The number of aromatic nitrogens is 1. The van der Waals surface area contributed by atoms with Crippen LogP contribution in [0.1, 0.15) is 29.7 Å². The Morgan fingerprint density at radius 1 is 1.11 bits per heavy atom. The van der Waals surface area contributed by atoms with Gasteiger partial charge in [-0.25, -0.2) is 4.98 Å². The van der Waals surface area contributed by atoms with E-state index in [4.69, 9.17) is 10.5 Å². The maximum atomic E-state index is 5.84. The van der Waals surface area contributed by atoms with Gasteiger partial charge in [-0.05, 0) is 55.7 Å². The van der Waals surface area contributed by atoms with Crippen LogP contribution in [0, 0.1) is 13.8 Å². The van der Waals surface area contributed by atoms with Crippen LogP contribution in [0.4, 0.5) is 0 Å². The summed E-state index contributed by atoms with van der Waals surface area (Å²) in [5.41, 5.74) is 9.31. The second kappa shape index (κ2) is 5.19. The molecule has 94 valence electrons. The molecule has 1 aromatic carbocycles. The number of aryl methyl sites for hydroxylation is 2. The topological polar surface area (TPSA) is 48.1 Å². The Labute approximate surface area is 108 Å². The Kier molecular flexibility index (Phi) is 3.63. The van der Waals surface area contributed by atoms with Crippen molar-refractivity contribution in [1.29, 1.82) is 0 Å². The second-order valence-corrected chi connectivity index (χ2v) is 4.56. The van der Waals surface area contributed by atoms with E-state index in [1.165, 1.54) is 11.1 Å². The van der Waals surface area contributed by atoms with Gasteiger partial charge in [0, 0.05) is 18.3 Å². The van der Waals surface area contributed by atoms with Crippen LogP contribution < -0.4 is 10.5 Å². The maximum Gasteiger partial charge on any atom is 0.219 e. The highest BCUT2D eigenvalue weighted by atomic mass is 16.5. The second-order valence-electron chi connectivity index (χ2n) is 4.56. The molecule has 3 nitrogen and oxygen atoms in total. The van der Waals surface area contributed by atoms with Gasteiger partial charge in [0.1, 0.15) is 5.75 Å². The third-order valence-electron chi connectivity index (χ3n) is 2.99. The minimum atomic E-state index is -0.0184. The van der Waals surface area contributed by atoms with Crippen molar-refractivity contribution in [2.45, 2.75) is 26.8 Å². The van der Waals surface area contributed by atoms with Gasteiger partial charge in [0.2, 0.25) is 5.88 Å². The number of rotatable bonds is 3. The molecule has 1 atom stereocenters. The van der Waals surface area contributed by atoms with Crippen molar-refractivity contribution in [3.8, 4) is 11.6 Å². The minimum Gasteiger partial charge on any atom is -0.439 e. The standard InChI is InChI=1S/C15H18N2O/c1-10-4-5-14(8-11(10)2)18-15-9-13(12(3)16)6-7-17-15/h4-9,12H,16H2,1-3H3. The highest BCUT2D eigenvalue weighted by molar-refractivity contribution is 5.36. The summed E-state index contributed by atoms with van der Waals surface area (Å²) in [7, 11) is 0. The zero-order chi connectivity index (χ0) is 13.1. The van der Waals surface area contributed by atoms with Crippen LogP contribution >= 0.6 is 0 Å². The molecule has 2 N–H and O–H groups in total. The molecule has 2 aromatic rings. The molecule has 18 heavy (non-hydrogen) atoms. The predicted molar refractivity (Wildman–Crippen MR) is 72.8 cm³/mol. The summed E-state index contributed by atoms with van der Waals surface area (Å²) in [5.74, 6) is 1.38. The molecular formula is C15H18N2O. The fourth-order valence-electron chi connectivity index (χ4n) is 1.66. The van der Waals surface area contributed by atoms with Crippen LogP contribution in [0.5, 0.6) is 11.6 Å². The summed E-state index contributed by atoms with van der Waals surface area (Å²) in [5, 5.41) is 0. The fourth-order valence-corrected chi connectivity index (χ4v) is 1.66. The van der Waals surface area contributed by atoms with E-state index >= 15 is 0 Å². The highest BCUT2D eigenvalue weighted by Gasteiger charge is 2.04. The Hall–Kier alpha value is -1.87. The average molecular weight is 242 g/mol. The molecule has 1 aromatic heterocycles. The van der Waals surface area contributed by atoms with Crippen LogP contribution in [0.25, 0.3) is 0 Å². The number of pyridine rings is 1. The molecule has 0 bridgehead atoms. The third-order valence-corrected chi connectivity index (χ3v) is 2.99. The van der Waals surface area contributed by atoms with Crippen molar-refractivity contribution in [2.24, 2.45) is 5.73 Å². The molecule has 0 saturated heterocycles. The first-order valence-corrected chi connectivity index (χ1v) is 6.03. The molecule has 0 aliphatic rings. The maximum absolute atomic E-state index is 5.84. The van der Waals surface area contributed by atoms with Gasteiger partial charge in [-0.3, -0.25) is 0 Å². The van der Waals surface area contributed by atoms with Crippen LogP contribution in [-0.2, 0) is 0 Å². The Morgan fingerprint density at radius 3 is 2.56 bits per heavy atom. The van der Waals surface area contributed by atoms with Crippen molar-refractivity contribution in [3.63, 3.8) is 0 Å². The quantitative estimate of drug-likeness (QED) is 0.896. The number of ether oxygens (including phenoxy) is 1. The summed E-state index contributed by atoms with van der Waals surface area (Å²) in [4.78, 5) is 4.19. The number of hydrogen-bond donors (Lipinski definition) is 1. The smallest absolute Gasteiger partial charge is 0.219 e. The monoisotopic (exact) mass is 242 g/mol. The summed E-state index contributed by atoms with van der Waals surface area (Å²) < 4.78 is 5.74. The van der Waals surface area contributed by atoms with Gasteiger partial charge in [0.25, 0.3) is 0 Å². The third kappa shape index (κ3) is 2.87. The molecule has 1 unspecified atom stereocenters. The molecule has 3 heteroatoms. The molecule has 2 rings (SSSR count). The molecule has 0 saturated carbocycles. The van der Waals surface area contributed by atoms with Crippen molar-refractivity contribution in [3.05, 3.63) is 53.2 Å². The van der Waals surface area contributed by atoms with E-state index in [-0.39, 0.29) is 6.04 Å². The lowest BCUT2D eigenvalue weighted by molar-refractivity contribution is 0.461. The Balaban J connectivity index is 2.23. The van der Waals surface area contributed by atoms with E-state index in [2.05, 4.69) is 18.8 Å². The first kappa shape index (κ1) is 12.6. The highest BCUT2D eigenvalue weighted by Crippen LogP contribution is 2.23. The van der Waals surface area contributed by atoms with E-state index < -0.39 is 0 Å². The molecule has 0 spiro atoms. The number of hydrogen-bond acceptors (Lipinski definition) is 3. The number of benzene rings is 1. The van der Waals surface area contributed by atoms with Crippen molar-refractivity contribution >= 4 is 0 Å². The predicted octanol–water partition coefficient (Wildman–Crippen LogP) is 3.51. The van der Waals surface area contributed by atoms with Gasteiger partial charge in [-0.1, -0.05) is 6.07 Å². The molecule has 0 radical (unpaired) electrons. The van der Waals surface area contributed by atoms with Crippen molar-refractivity contribution in [2.75, 3.05) is 0 Å². The number of nitrogens with two attached hydrogens (primary N) is 1. The van der Waals surface area contributed by atoms with Crippen molar-refractivity contribution < 1.29 is 4.74 Å². The van der Waals surface area contributed by atoms with Gasteiger partial charge >= 0.3 is 0 Å². The normalized spacial score (nSPS) is 12.2. The first-order chi connectivity index (χ1) is 8.56. The minimum absolute atomic E-state index is 0.0184. The zero-order valence-electron chi connectivity index (χ0n) is 11.0. The van der Waals surface area contributed by atoms with E-state index in [0.717, 1.165) is 11.3 Å². The fraction of sp³-hybridized carbons (Fsp3) is 0.267. The van der Waals surface area contributed by atoms with E-state index in [0.29, 0.717) is 5.88 Å². The van der Waals surface area contributed by atoms with Crippen LogP contribution in [0.3, 0.4) is 0 Å². The lowest BCUT2D eigenvalue weighted by atomic mass is 10.1. The Morgan fingerprint density at radius 2 is 1.89 bits per heavy atom. The van der Waals surface area contributed by atoms with Gasteiger partial charge in [-0.15, -0.1) is 0 Å². The molecule has 0 aliphatic heterocycles. The SMILES string of the molecule is Cc1ccc(Oc2cc(C(C)N)ccn2)cc1C. The van der Waals surface area contributed by atoms with Gasteiger partial charge in [0.05, 0.1) is 0 Å². The lowest BCUT2D eigenvalue weighted by Gasteiger charge is -2.09. The average Bonchev–Trinajstić information content (AvgIpc) is 2.34. The van der Waals surface area contributed by atoms with E-state index in [1.54, 1.807) is 6.20 Å². The largest absolute Gasteiger partial charge is 0.439 e. The Bertz CT molecular complexity index is 550. The lowest BCUT2D eigenvalue weighted by Crippen LogP contribution is -2.05. The molecular weight excluding hydrogens is 224 g/mol. The van der Waals surface area contributed by atoms with E-state index in [9.17, 15) is 0 Å². The van der Waals surface area contributed by atoms with Crippen LogP contribution in [0.2, 0.25) is 0 Å². The zero-order valence-corrected chi connectivity index (χ0v) is 11.0. The summed E-state index contributed by atoms with van der Waals surface area (Å²) in [6.07, 6.45) is 1.72. The van der Waals surface area contributed by atoms with Crippen LogP contribution in [0.15, 0.2) is 36.5 Å². The van der Waals surface area contributed by atoms with Crippen molar-refractivity contribution in [1.82, 2.24) is 4.98 Å². The van der Waals surface area contributed by atoms with E-state index in [1.807, 2.05) is 37.3 Å². The molecule has 0 aliphatic carbocycles. The molecule has 0 fully saturated rings. The van der Waals surface area contributed by atoms with Crippen LogP contribution in [-0.4, -0.2) is 4.98 Å². The summed E-state index contributed by atoms with van der Waals surface area (Å²) in [6.45, 7) is 6.08. The summed E-state index contributed by atoms with van der Waals surface area (Å²) >= 11 is 0. The van der Waals surface area contributed by atoms with Gasteiger partial charge in [0.15, 0.2) is 0 Å². The van der Waals surface area contributed by atoms with Gasteiger partial charge < -0.3 is 10.5 Å².